The summed E-state index contributed by atoms with van der Waals surface area (Å²) in [4.78, 5) is 0. The summed E-state index contributed by atoms with van der Waals surface area (Å²) in [7, 11) is 0. The van der Waals surface area contributed by atoms with Gasteiger partial charge >= 0.3 is 0 Å². The Hall–Kier alpha value is -1.76. The number of phenolic OH excluding ortho intramolecular Hbond substituents is 1. The zero-order valence-electron chi connectivity index (χ0n) is 17.0. The number of rotatable bonds is 15. The van der Waals surface area contributed by atoms with Crippen molar-refractivity contribution < 1.29 is 5.11 Å². The van der Waals surface area contributed by atoms with Crippen LogP contribution in [-0.4, -0.2) is 5.11 Å². The molecule has 2 rings (SSSR count). The number of hydrogen-bond donors (Lipinski definition) is 1. The van der Waals surface area contributed by atoms with Gasteiger partial charge in [-0.15, -0.1) is 0 Å². The Labute approximate surface area is 166 Å². The van der Waals surface area contributed by atoms with Gasteiger partial charge < -0.3 is 5.11 Å². The summed E-state index contributed by atoms with van der Waals surface area (Å²) in [5, 5.41) is 9.46. The molecule has 0 bridgehead atoms. The number of hydrogen-bond acceptors (Lipinski definition) is 1. The average Bonchev–Trinajstić information content (AvgIpc) is 2.69. The molecule has 0 atom stereocenters. The van der Waals surface area contributed by atoms with E-state index in [1.807, 2.05) is 12.1 Å². The molecule has 27 heavy (non-hydrogen) atoms. The molecule has 0 spiro atoms. The maximum atomic E-state index is 9.46. The Kier molecular flexibility index (Phi) is 11.4. The third-order valence-electron chi connectivity index (χ3n) is 5.43. The molecule has 0 aliphatic rings. The van der Waals surface area contributed by atoms with E-state index in [2.05, 4.69) is 36.4 Å². The third-order valence-corrected chi connectivity index (χ3v) is 5.43. The Morgan fingerprint density at radius 2 is 0.889 bits per heavy atom. The van der Waals surface area contributed by atoms with Crippen LogP contribution in [0, 0.1) is 0 Å². The molecule has 0 fully saturated rings. The van der Waals surface area contributed by atoms with Gasteiger partial charge in [0.2, 0.25) is 0 Å². The normalized spacial score (nSPS) is 11.0. The summed E-state index contributed by atoms with van der Waals surface area (Å²) >= 11 is 0. The fraction of sp³-hybridized carbons (Fsp3) is 0.538. The van der Waals surface area contributed by atoms with E-state index in [0.29, 0.717) is 5.75 Å². The van der Waals surface area contributed by atoms with Crippen LogP contribution >= 0.6 is 0 Å². The van der Waals surface area contributed by atoms with E-state index in [-0.39, 0.29) is 0 Å². The minimum Gasteiger partial charge on any atom is -0.508 e. The van der Waals surface area contributed by atoms with Gasteiger partial charge in [0.15, 0.2) is 0 Å². The lowest BCUT2D eigenvalue weighted by molar-refractivity contribution is 0.474. The SMILES string of the molecule is Oc1cccc(CCCCCCCCCCCCCCc2ccccc2)c1. The second kappa shape index (κ2) is 14.3. The Balaban J connectivity index is 1.30. The Bertz CT molecular complexity index is 590. The zero-order chi connectivity index (χ0) is 19.0. The topological polar surface area (TPSA) is 20.2 Å². The van der Waals surface area contributed by atoms with Gasteiger partial charge in [-0.1, -0.05) is 107 Å². The minimum absolute atomic E-state index is 0.392. The van der Waals surface area contributed by atoms with Gasteiger partial charge in [0.05, 0.1) is 0 Å². The standard InChI is InChI=1S/C26H38O/c27-26-22-16-21-25(23-26)20-13-10-8-6-4-2-1-3-5-7-9-12-17-24-18-14-11-15-19-24/h11,14-16,18-19,21-23,27H,1-10,12-13,17,20H2. The van der Waals surface area contributed by atoms with Gasteiger partial charge in [-0.05, 0) is 48.9 Å². The highest BCUT2D eigenvalue weighted by Gasteiger charge is 1.97. The zero-order valence-corrected chi connectivity index (χ0v) is 17.0. The molecule has 2 aromatic carbocycles. The van der Waals surface area contributed by atoms with Crippen LogP contribution in [0.25, 0.3) is 0 Å². The van der Waals surface area contributed by atoms with Crippen LogP contribution in [0.4, 0.5) is 0 Å². The maximum Gasteiger partial charge on any atom is 0.115 e. The Morgan fingerprint density at radius 1 is 0.444 bits per heavy atom. The summed E-state index contributed by atoms with van der Waals surface area (Å²) in [6.45, 7) is 0. The highest BCUT2D eigenvalue weighted by molar-refractivity contribution is 5.27. The molecule has 1 nitrogen and oxygen atoms in total. The van der Waals surface area contributed by atoms with E-state index in [1.165, 1.54) is 94.6 Å². The number of aromatic hydroxyl groups is 1. The van der Waals surface area contributed by atoms with E-state index in [4.69, 9.17) is 0 Å². The van der Waals surface area contributed by atoms with Crippen LogP contribution < -0.4 is 0 Å². The highest BCUT2D eigenvalue weighted by atomic mass is 16.3. The summed E-state index contributed by atoms with van der Waals surface area (Å²) in [5.41, 5.74) is 2.75. The molecule has 0 unspecified atom stereocenters. The van der Waals surface area contributed by atoms with Crippen LogP contribution in [-0.2, 0) is 12.8 Å². The van der Waals surface area contributed by atoms with Crippen molar-refractivity contribution in [2.45, 2.75) is 89.9 Å². The van der Waals surface area contributed by atoms with E-state index in [1.54, 1.807) is 6.07 Å². The number of aryl methyl sites for hydroxylation is 2. The van der Waals surface area contributed by atoms with Gasteiger partial charge in [-0.3, -0.25) is 0 Å². The molecule has 148 valence electrons. The van der Waals surface area contributed by atoms with E-state index >= 15 is 0 Å². The van der Waals surface area contributed by atoms with Crippen molar-refractivity contribution in [2.24, 2.45) is 0 Å². The fourth-order valence-electron chi connectivity index (χ4n) is 3.78. The van der Waals surface area contributed by atoms with E-state index in [9.17, 15) is 5.11 Å². The summed E-state index contributed by atoms with van der Waals surface area (Å²) in [6.07, 6.45) is 18.8. The van der Waals surface area contributed by atoms with Crippen molar-refractivity contribution in [2.75, 3.05) is 0 Å². The van der Waals surface area contributed by atoms with Crippen molar-refractivity contribution in [1.82, 2.24) is 0 Å². The highest BCUT2D eigenvalue weighted by Crippen LogP contribution is 2.16. The molecule has 0 saturated carbocycles. The molecule has 0 saturated heterocycles. The van der Waals surface area contributed by atoms with Crippen molar-refractivity contribution in [1.29, 1.82) is 0 Å². The van der Waals surface area contributed by atoms with Crippen LogP contribution in [0.15, 0.2) is 54.6 Å². The van der Waals surface area contributed by atoms with Gasteiger partial charge in [0.25, 0.3) is 0 Å². The Morgan fingerprint density at radius 3 is 1.41 bits per heavy atom. The molecule has 0 heterocycles. The summed E-state index contributed by atoms with van der Waals surface area (Å²) in [5.74, 6) is 0.392. The van der Waals surface area contributed by atoms with E-state index < -0.39 is 0 Å². The van der Waals surface area contributed by atoms with Crippen LogP contribution in [0.3, 0.4) is 0 Å². The summed E-state index contributed by atoms with van der Waals surface area (Å²) in [6, 6.07) is 18.6. The lowest BCUT2D eigenvalue weighted by Gasteiger charge is -2.04. The third kappa shape index (κ3) is 10.9. The van der Waals surface area contributed by atoms with Gasteiger partial charge in [-0.25, -0.2) is 0 Å². The quantitative estimate of drug-likeness (QED) is 0.318. The average molecular weight is 367 g/mol. The van der Waals surface area contributed by atoms with Crippen molar-refractivity contribution in [3.8, 4) is 5.75 Å². The number of unbranched alkanes of at least 4 members (excludes halogenated alkanes) is 11. The summed E-state index contributed by atoms with van der Waals surface area (Å²) < 4.78 is 0. The van der Waals surface area contributed by atoms with Crippen LogP contribution in [0.2, 0.25) is 0 Å². The first-order valence-electron chi connectivity index (χ1n) is 11.2. The van der Waals surface area contributed by atoms with Crippen molar-refractivity contribution >= 4 is 0 Å². The molecule has 1 N–H and O–H groups in total. The molecule has 0 aromatic heterocycles. The molecule has 0 aliphatic heterocycles. The predicted octanol–water partition coefficient (Wildman–Crippen LogP) is 7.86. The van der Waals surface area contributed by atoms with Gasteiger partial charge in [-0.2, -0.15) is 0 Å². The molecule has 1 heteroatoms. The van der Waals surface area contributed by atoms with Gasteiger partial charge in [0, 0.05) is 0 Å². The first-order chi connectivity index (χ1) is 13.3. The smallest absolute Gasteiger partial charge is 0.115 e. The maximum absolute atomic E-state index is 9.46. The minimum atomic E-state index is 0.392. The monoisotopic (exact) mass is 366 g/mol. The first-order valence-corrected chi connectivity index (χ1v) is 11.2. The van der Waals surface area contributed by atoms with Crippen molar-refractivity contribution in [3.05, 3.63) is 65.7 Å². The molecule has 2 aromatic rings. The largest absolute Gasteiger partial charge is 0.508 e. The number of phenols is 1. The van der Waals surface area contributed by atoms with Crippen molar-refractivity contribution in [3.63, 3.8) is 0 Å². The van der Waals surface area contributed by atoms with Crippen LogP contribution in [0.5, 0.6) is 5.75 Å². The molecule has 0 amide bonds. The fourth-order valence-corrected chi connectivity index (χ4v) is 3.78. The second-order valence-electron chi connectivity index (χ2n) is 7.90. The predicted molar refractivity (Wildman–Crippen MR) is 117 cm³/mol. The molecule has 0 aliphatic carbocycles. The molecular formula is C26H38O. The molecule has 0 radical (unpaired) electrons. The number of benzene rings is 2. The second-order valence-corrected chi connectivity index (χ2v) is 7.90. The van der Waals surface area contributed by atoms with Crippen LogP contribution in [0.1, 0.15) is 88.2 Å². The first kappa shape index (κ1) is 21.5. The molecular weight excluding hydrogens is 328 g/mol. The van der Waals surface area contributed by atoms with Gasteiger partial charge in [0.1, 0.15) is 5.75 Å². The van der Waals surface area contributed by atoms with E-state index in [0.717, 1.165) is 6.42 Å². The lowest BCUT2D eigenvalue weighted by atomic mass is 10.0. The lowest BCUT2D eigenvalue weighted by Crippen LogP contribution is -1.87.